The molecule has 4 heterocycles. The lowest BCUT2D eigenvalue weighted by Crippen LogP contribution is -2.26. The number of thiazole rings is 1. The molecule has 1 atom stereocenters. The molecule has 4 aromatic rings. The standard InChI is InChI=1S/C20H23N5OS/c1-12(26)16-8-14(7-15-9-24(2)23-19(15)16)18-11-25-10-17(22-20(25)27-18)13-3-5-21-6-4-13/h7-13,21,26H,3-6H2,1-2H3. The molecule has 0 aliphatic carbocycles. The molecule has 0 saturated carbocycles. The lowest BCUT2D eigenvalue weighted by molar-refractivity contribution is 0.200. The number of piperidine rings is 1. The summed E-state index contributed by atoms with van der Waals surface area (Å²) in [6.45, 7) is 3.95. The van der Waals surface area contributed by atoms with Crippen LogP contribution in [0.1, 0.15) is 43.0 Å². The van der Waals surface area contributed by atoms with E-state index in [-0.39, 0.29) is 0 Å². The van der Waals surface area contributed by atoms with Crippen molar-refractivity contribution in [1.82, 2.24) is 24.5 Å². The number of hydrogen-bond donors (Lipinski definition) is 2. The van der Waals surface area contributed by atoms with Gasteiger partial charge in [-0.25, -0.2) is 4.98 Å². The topological polar surface area (TPSA) is 67.4 Å². The number of imidazole rings is 1. The second kappa shape index (κ2) is 6.44. The van der Waals surface area contributed by atoms with E-state index in [1.54, 1.807) is 22.9 Å². The Hall–Kier alpha value is -2.22. The molecule has 0 spiro atoms. The van der Waals surface area contributed by atoms with Gasteiger partial charge >= 0.3 is 0 Å². The summed E-state index contributed by atoms with van der Waals surface area (Å²) >= 11 is 1.70. The molecule has 1 aliphatic heterocycles. The molecule has 2 N–H and O–H groups in total. The number of aryl methyl sites for hydroxylation is 1. The van der Waals surface area contributed by atoms with Crippen LogP contribution in [0.2, 0.25) is 0 Å². The van der Waals surface area contributed by atoms with Gasteiger partial charge in [-0.1, -0.05) is 11.3 Å². The number of nitrogens with zero attached hydrogens (tertiary/aromatic N) is 4. The maximum atomic E-state index is 10.2. The highest BCUT2D eigenvalue weighted by atomic mass is 32.1. The molecular weight excluding hydrogens is 358 g/mol. The molecule has 0 radical (unpaired) electrons. The van der Waals surface area contributed by atoms with Gasteiger partial charge in [-0.15, -0.1) is 0 Å². The zero-order valence-electron chi connectivity index (χ0n) is 15.5. The van der Waals surface area contributed by atoms with Gasteiger partial charge in [0.1, 0.15) is 0 Å². The zero-order chi connectivity index (χ0) is 18.5. The van der Waals surface area contributed by atoms with E-state index in [0.29, 0.717) is 5.92 Å². The summed E-state index contributed by atoms with van der Waals surface area (Å²) < 4.78 is 3.94. The van der Waals surface area contributed by atoms with Crippen molar-refractivity contribution < 1.29 is 5.11 Å². The van der Waals surface area contributed by atoms with E-state index in [0.717, 1.165) is 57.8 Å². The average Bonchev–Trinajstić information content (AvgIpc) is 3.32. The first kappa shape index (κ1) is 16.9. The van der Waals surface area contributed by atoms with Crippen molar-refractivity contribution in [3.63, 3.8) is 0 Å². The number of rotatable bonds is 3. The monoisotopic (exact) mass is 381 g/mol. The summed E-state index contributed by atoms with van der Waals surface area (Å²) in [5, 5.41) is 19.2. The first-order chi connectivity index (χ1) is 13.1. The molecule has 1 unspecified atom stereocenters. The van der Waals surface area contributed by atoms with Gasteiger partial charge in [0.25, 0.3) is 0 Å². The van der Waals surface area contributed by atoms with Crippen molar-refractivity contribution in [1.29, 1.82) is 0 Å². The predicted molar refractivity (Wildman–Crippen MR) is 108 cm³/mol. The molecule has 1 saturated heterocycles. The number of benzene rings is 1. The Morgan fingerprint density at radius 1 is 1.22 bits per heavy atom. The number of fused-ring (bicyclic) bond motifs is 2. The lowest BCUT2D eigenvalue weighted by atomic mass is 9.95. The summed E-state index contributed by atoms with van der Waals surface area (Å²) in [5.74, 6) is 0.565. The Balaban J connectivity index is 1.55. The third kappa shape index (κ3) is 2.96. The summed E-state index contributed by atoms with van der Waals surface area (Å²) in [7, 11) is 1.91. The molecular formula is C20H23N5OS. The molecule has 140 valence electrons. The summed E-state index contributed by atoms with van der Waals surface area (Å²) in [4.78, 5) is 7.08. The fourth-order valence-electron chi connectivity index (χ4n) is 4.00. The second-order valence-corrected chi connectivity index (χ2v) is 8.47. The summed E-state index contributed by atoms with van der Waals surface area (Å²) in [5.41, 5.74) is 4.04. The van der Waals surface area contributed by atoms with Crippen LogP contribution >= 0.6 is 11.3 Å². The fraction of sp³-hybridized carbons (Fsp3) is 0.400. The minimum Gasteiger partial charge on any atom is -0.389 e. The maximum absolute atomic E-state index is 10.2. The smallest absolute Gasteiger partial charge is 0.194 e. The van der Waals surface area contributed by atoms with E-state index in [1.165, 1.54) is 5.69 Å². The Bertz CT molecular complexity index is 1080. The quantitative estimate of drug-likeness (QED) is 0.570. The number of nitrogens with one attached hydrogen (secondary N) is 1. The third-order valence-corrected chi connectivity index (χ3v) is 6.46. The molecule has 7 heteroatoms. The molecule has 0 bridgehead atoms. The van der Waals surface area contributed by atoms with E-state index >= 15 is 0 Å². The highest BCUT2D eigenvalue weighted by molar-refractivity contribution is 7.20. The Morgan fingerprint density at radius 2 is 2.04 bits per heavy atom. The SMILES string of the molecule is CC(O)c1cc(-c2cn3cc(C4CCNCC4)nc3s2)cc2cn(C)nc12. The van der Waals surface area contributed by atoms with Crippen LogP contribution in [0.3, 0.4) is 0 Å². The van der Waals surface area contributed by atoms with Crippen LogP contribution in [0.4, 0.5) is 0 Å². The van der Waals surface area contributed by atoms with E-state index in [1.807, 2.05) is 13.2 Å². The van der Waals surface area contributed by atoms with Crippen LogP contribution in [0.25, 0.3) is 26.3 Å². The minimum atomic E-state index is -0.557. The maximum Gasteiger partial charge on any atom is 0.194 e. The predicted octanol–water partition coefficient (Wildman–Crippen LogP) is 3.47. The molecule has 5 rings (SSSR count). The van der Waals surface area contributed by atoms with Crippen molar-refractivity contribution in [2.75, 3.05) is 13.1 Å². The van der Waals surface area contributed by atoms with Gasteiger partial charge in [-0.05, 0) is 50.6 Å². The molecule has 3 aromatic heterocycles. The van der Waals surface area contributed by atoms with E-state index < -0.39 is 6.10 Å². The van der Waals surface area contributed by atoms with Gasteiger partial charge in [0.05, 0.1) is 22.2 Å². The van der Waals surface area contributed by atoms with Gasteiger partial charge in [0, 0.05) is 42.5 Å². The van der Waals surface area contributed by atoms with Gasteiger partial charge in [-0.2, -0.15) is 5.10 Å². The lowest BCUT2D eigenvalue weighted by Gasteiger charge is -2.20. The molecule has 0 amide bonds. The molecule has 1 aromatic carbocycles. The van der Waals surface area contributed by atoms with Crippen LogP contribution in [0.5, 0.6) is 0 Å². The summed E-state index contributed by atoms with van der Waals surface area (Å²) in [6, 6.07) is 4.20. The zero-order valence-corrected chi connectivity index (χ0v) is 16.3. The van der Waals surface area contributed by atoms with Crippen LogP contribution in [0.15, 0.2) is 30.7 Å². The normalized spacial score (nSPS) is 17.1. The van der Waals surface area contributed by atoms with E-state index in [9.17, 15) is 5.11 Å². The van der Waals surface area contributed by atoms with Crippen LogP contribution in [0, 0.1) is 0 Å². The summed E-state index contributed by atoms with van der Waals surface area (Å²) in [6.07, 6.45) is 8.10. The Kier molecular flexibility index (Phi) is 4.03. The van der Waals surface area contributed by atoms with E-state index in [2.05, 4.69) is 39.3 Å². The number of aliphatic hydroxyl groups excluding tert-OH is 1. The number of aliphatic hydroxyl groups is 1. The molecule has 27 heavy (non-hydrogen) atoms. The molecule has 6 nitrogen and oxygen atoms in total. The second-order valence-electron chi connectivity index (χ2n) is 7.46. The molecule has 1 aliphatic rings. The van der Waals surface area contributed by atoms with Gasteiger partial charge < -0.3 is 10.4 Å². The Morgan fingerprint density at radius 3 is 2.78 bits per heavy atom. The van der Waals surface area contributed by atoms with Crippen LogP contribution < -0.4 is 5.32 Å². The van der Waals surface area contributed by atoms with Crippen molar-refractivity contribution >= 4 is 27.2 Å². The first-order valence-electron chi connectivity index (χ1n) is 9.43. The van der Waals surface area contributed by atoms with Gasteiger partial charge in [0.15, 0.2) is 4.96 Å². The van der Waals surface area contributed by atoms with Crippen molar-refractivity contribution in [2.45, 2.75) is 31.8 Å². The first-order valence-corrected chi connectivity index (χ1v) is 10.2. The Labute approximate surface area is 161 Å². The van der Waals surface area contributed by atoms with Crippen molar-refractivity contribution in [2.24, 2.45) is 7.05 Å². The molecule has 1 fully saturated rings. The van der Waals surface area contributed by atoms with Crippen molar-refractivity contribution in [3.8, 4) is 10.4 Å². The van der Waals surface area contributed by atoms with Crippen molar-refractivity contribution in [3.05, 3.63) is 42.0 Å². The third-order valence-electron chi connectivity index (χ3n) is 5.42. The fourth-order valence-corrected chi connectivity index (χ4v) is 4.96. The highest BCUT2D eigenvalue weighted by Crippen LogP contribution is 2.35. The number of hydrogen-bond acceptors (Lipinski definition) is 5. The average molecular weight is 382 g/mol. The van der Waals surface area contributed by atoms with Gasteiger partial charge in [-0.3, -0.25) is 9.08 Å². The van der Waals surface area contributed by atoms with E-state index in [4.69, 9.17) is 4.98 Å². The van der Waals surface area contributed by atoms with Crippen LogP contribution in [-0.2, 0) is 7.05 Å². The largest absolute Gasteiger partial charge is 0.389 e. The van der Waals surface area contributed by atoms with Gasteiger partial charge in [0.2, 0.25) is 0 Å². The number of aromatic nitrogens is 4. The minimum absolute atomic E-state index is 0.557. The highest BCUT2D eigenvalue weighted by Gasteiger charge is 2.20. The van der Waals surface area contributed by atoms with Crippen LogP contribution in [-0.4, -0.2) is 37.4 Å².